The molecule has 0 amide bonds. The number of hydrogen-bond donors (Lipinski definition) is 1. The van der Waals surface area contributed by atoms with Crippen LogP contribution < -0.4 is 5.73 Å². The highest BCUT2D eigenvalue weighted by atomic mass is 32.1. The lowest BCUT2D eigenvalue weighted by Gasteiger charge is -2.37. The number of rotatable bonds is 4. The zero-order chi connectivity index (χ0) is 10.6. The van der Waals surface area contributed by atoms with Crippen LogP contribution in [-0.2, 0) is 0 Å². The normalized spacial score (nSPS) is 22.1. The average molecular weight is 215 g/mol. The van der Waals surface area contributed by atoms with Crippen molar-refractivity contribution in [2.45, 2.75) is 26.3 Å². The third-order valence-corrected chi connectivity index (χ3v) is 3.14. The first-order chi connectivity index (χ1) is 6.63. The SMILES string of the molecule is CCN1CCN(C(C)CC(N)=S)CC1. The third kappa shape index (κ3) is 3.52. The van der Waals surface area contributed by atoms with E-state index in [0.29, 0.717) is 11.0 Å². The van der Waals surface area contributed by atoms with Gasteiger partial charge in [0, 0.05) is 38.6 Å². The van der Waals surface area contributed by atoms with Crippen LogP contribution in [-0.4, -0.2) is 53.6 Å². The van der Waals surface area contributed by atoms with Crippen LogP contribution in [0.5, 0.6) is 0 Å². The molecule has 0 saturated carbocycles. The van der Waals surface area contributed by atoms with Crippen molar-refractivity contribution < 1.29 is 0 Å². The fraction of sp³-hybridized carbons (Fsp3) is 0.900. The van der Waals surface area contributed by atoms with Crippen LogP contribution in [0.15, 0.2) is 0 Å². The van der Waals surface area contributed by atoms with Gasteiger partial charge in [-0.05, 0) is 13.5 Å². The lowest BCUT2D eigenvalue weighted by molar-refractivity contribution is 0.108. The number of nitrogens with zero attached hydrogens (tertiary/aromatic N) is 2. The van der Waals surface area contributed by atoms with Gasteiger partial charge in [0.2, 0.25) is 0 Å². The van der Waals surface area contributed by atoms with E-state index in [0.717, 1.165) is 26.1 Å². The fourth-order valence-corrected chi connectivity index (χ4v) is 2.18. The molecule has 0 aromatic heterocycles. The lowest BCUT2D eigenvalue weighted by Crippen LogP contribution is -2.50. The van der Waals surface area contributed by atoms with Gasteiger partial charge in [-0.15, -0.1) is 0 Å². The van der Waals surface area contributed by atoms with Crippen molar-refractivity contribution in [2.75, 3.05) is 32.7 Å². The van der Waals surface area contributed by atoms with E-state index < -0.39 is 0 Å². The molecule has 3 nitrogen and oxygen atoms in total. The van der Waals surface area contributed by atoms with Gasteiger partial charge in [-0.25, -0.2) is 0 Å². The molecule has 1 aliphatic rings. The highest BCUT2D eigenvalue weighted by Crippen LogP contribution is 2.08. The summed E-state index contributed by atoms with van der Waals surface area (Å²) in [5.41, 5.74) is 5.55. The Hall–Kier alpha value is -0.190. The van der Waals surface area contributed by atoms with E-state index in [9.17, 15) is 0 Å². The number of piperazine rings is 1. The second-order valence-corrected chi connectivity index (χ2v) is 4.51. The number of likely N-dealkylation sites (N-methyl/N-ethyl adjacent to an activating group) is 1. The van der Waals surface area contributed by atoms with Gasteiger partial charge in [0.1, 0.15) is 0 Å². The first kappa shape index (κ1) is 11.9. The fourth-order valence-electron chi connectivity index (χ4n) is 1.94. The first-order valence-electron chi connectivity index (χ1n) is 5.38. The van der Waals surface area contributed by atoms with Crippen LogP contribution in [0.3, 0.4) is 0 Å². The van der Waals surface area contributed by atoms with Gasteiger partial charge in [-0.2, -0.15) is 0 Å². The van der Waals surface area contributed by atoms with Gasteiger partial charge in [0.15, 0.2) is 0 Å². The molecule has 1 saturated heterocycles. The molecule has 0 bridgehead atoms. The molecule has 1 fully saturated rings. The van der Waals surface area contributed by atoms with Crippen LogP contribution in [0.4, 0.5) is 0 Å². The molecular formula is C10H21N3S. The molecule has 14 heavy (non-hydrogen) atoms. The van der Waals surface area contributed by atoms with Crippen LogP contribution >= 0.6 is 12.2 Å². The van der Waals surface area contributed by atoms with E-state index in [4.69, 9.17) is 18.0 Å². The molecule has 1 unspecified atom stereocenters. The standard InChI is InChI=1S/C10H21N3S/c1-3-12-4-6-13(7-5-12)9(2)8-10(11)14/h9H,3-8H2,1-2H3,(H2,11,14). The Kier molecular flexibility index (Phi) is 4.78. The van der Waals surface area contributed by atoms with E-state index in [1.54, 1.807) is 0 Å². The van der Waals surface area contributed by atoms with Crippen LogP contribution in [0.2, 0.25) is 0 Å². The molecule has 0 aromatic carbocycles. The van der Waals surface area contributed by atoms with Crippen LogP contribution in [0.25, 0.3) is 0 Å². The zero-order valence-corrected chi connectivity index (χ0v) is 10.0. The van der Waals surface area contributed by atoms with Crippen molar-refractivity contribution in [3.05, 3.63) is 0 Å². The molecular weight excluding hydrogens is 194 g/mol. The van der Waals surface area contributed by atoms with E-state index in [-0.39, 0.29) is 0 Å². The van der Waals surface area contributed by atoms with Crippen LogP contribution in [0.1, 0.15) is 20.3 Å². The molecule has 1 aliphatic heterocycles. The zero-order valence-electron chi connectivity index (χ0n) is 9.20. The number of hydrogen-bond acceptors (Lipinski definition) is 3. The second-order valence-electron chi connectivity index (χ2n) is 3.99. The van der Waals surface area contributed by atoms with Crippen molar-refractivity contribution in [3.8, 4) is 0 Å². The molecule has 0 spiro atoms. The highest BCUT2D eigenvalue weighted by Gasteiger charge is 2.20. The minimum absolute atomic E-state index is 0.506. The molecule has 0 aromatic rings. The molecule has 0 radical (unpaired) electrons. The van der Waals surface area contributed by atoms with E-state index in [1.165, 1.54) is 13.1 Å². The van der Waals surface area contributed by atoms with Crippen molar-refractivity contribution >= 4 is 17.2 Å². The topological polar surface area (TPSA) is 32.5 Å². The molecule has 4 heteroatoms. The summed E-state index contributed by atoms with van der Waals surface area (Å²) in [6.07, 6.45) is 0.849. The largest absolute Gasteiger partial charge is 0.393 e. The van der Waals surface area contributed by atoms with Gasteiger partial charge in [-0.1, -0.05) is 19.1 Å². The molecule has 1 atom stereocenters. The maximum absolute atomic E-state index is 5.55. The second kappa shape index (κ2) is 5.63. The molecule has 1 rings (SSSR count). The molecule has 2 N–H and O–H groups in total. The Morgan fingerprint density at radius 2 is 1.93 bits per heavy atom. The smallest absolute Gasteiger partial charge is 0.0742 e. The van der Waals surface area contributed by atoms with Gasteiger partial charge in [0.05, 0.1) is 4.99 Å². The van der Waals surface area contributed by atoms with Crippen molar-refractivity contribution in [2.24, 2.45) is 5.73 Å². The Balaban J connectivity index is 2.30. The average Bonchev–Trinajstić information content (AvgIpc) is 2.17. The Morgan fingerprint density at radius 3 is 2.36 bits per heavy atom. The van der Waals surface area contributed by atoms with Gasteiger partial charge >= 0.3 is 0 Å². The van der Waals surface area contributed by atoms with E-state index in [2.05, 4.69) is 23.6 Å². The Labute approximate surface area is 92.2 Å². The summed E-state index contributed by atoms with van der Waals surface area (Å²) in [5.74, 6) is 0. The van der Waals surface area contributed by atoms with Crippen molar-refractivity contribution in [3.63, 3.8) is 0 Å². The van der Waals surface area contributed by atoms with Crippen molar-refractivity contribution in [1.29, 1.82) is 0 Å². The van der Waals surface area contributed by atoms with Crippen molar-refractivity contribution in [1.82, 2.24) is 9.80 Å². The summed E-state index contributed by atoms with van der Waals surface area (Å²) < 4.78 is 0. The van der Waals surface area contributed by atoms with Gasteiger partial charge in [-0.3, -0.25) is 4.90 Å². The number of nitrogens with two attached hydrogens (primary N) is 1. The maximum atomic E-state index is 5.55. The summed E-state index contributed by atoms with van der Waals surface area (Å²) >= 11 is 4.93. The van der Waals surface area contributed by atoms with E-state index >= 15 is 0 Å². The third-order valence-electron chi connectivity index (χ3n) is 2.97. The number of thiocarbonyl (C=S) groups is 1. The van der Waals surface area contributed by atoms with Gasteiger partial charge < -0.3 is 10.6 Å². The summed E-state index contributed by atoms with van der Waals surface area (Å²) in [4.78, 5) is 5.59. The molecule has 1 heterocycles. The minimum Gasteiger partial charge on any atom is -0.393 e. The Morgan fingerprint density at radius 1 is 1.36 bits per heavy atom. The predicted molar refractivity (Wildman–Crippen MR) is 64.6 cm³/mol. The minimum atomic E-state index is 0.506. The lowest BCUT2D eigenvalue weighted by atomic mass is 10.1. The molecule has 82 valence electrons. The predicted octanol–water partition coefficient (Wildman–Crippen LogP) is 0.689. The summed E-state index contributed by atoms with van der Waals surface area (Å²) in [5, 5.41) is 0. The first-order valence-corrected chi connectivity index (χ1v) is 5.79. The van der Waals surface area contributed by atoms with Gasteiger partial charge in [0.25, 0.3) is 0 Å². The summed E-state index contributed by atoms with van der Waals surface area (Å²) in [6, 6.07) is 0.506. The highest BCUT2D eigenvalue weighted by molar-refractivity contribution is 7.80. The summed E-state index contributed by atoms with van der Waals surface area (Å²) in [6.45, 7) is 10.2. The van der Waals surface area contributed by atoms with Crippen LogP contribution in [0, 0.1) is 0 Å². The monoisotopic (exact) mass is 215 g/mol. The summed E-state index contributed by atoms with van der Waals surface area (Å²) in [7, 11) is 0. The van der Waals surface area contributed by atoms with E-state index in [1.807, 2.05) is 0 Å². The quantitative estimate of drug-likeness (QED) is 0.699. The Bertz CT molecular complexity index is 188. The maximum Gasteiger partial charge on any atom is 0.0742 e. The molecule has 0 aliphatic carbocycles.